The molecule has 1 aliphatic heterocycles. The molecule has 1 fully saturated rings. The first-order valence-corrected chi connectivity index (χ1v) is 8.99. The van der Waals surface area contributed by atoms with E-state index in [-0.39, 0.29) is 0 Å². The second-order valence-electron chi connectivity index (χ2n) is 5.12. The van der Waals surface area contributed by atoms with Gasteiger partial charge in [-0.15, -0.1) is 0 Å². The van der Waals surface area contributed by atoms with Crippen molar-refractivity contribution in [3.05, 3.63) is 0 Å². The molecule has 0 aromatic heterocycles. The lowest BCUT2D eigenvalue weighted by molar-refractivity contribution is 0.709. The lowest BCUT2D eigenvalue weighted by Gasteiger charge is -2.37. The molecule has 1 nitrogen and oxygen atoms in total. The van der Waals surface area contributed by atoms with E-state index in [4.69, 9.17) is 5.73 Å². The summed E-state index contributed by atoms with van der Waals surface area (Å²) in [6, 6.07) is 3.02. The summed E-state index contributed by atoms with van der Waals surface area (Å²) in [7, 11) is -1.08. The molecule has 14 heavy (non-hydrogen) atoms. The van der Waals surface area contributed by atoms with Crippen molar-refractivity contribution in [2.24, 2.45) is 5.73 Å². The number of hydrogen-bond donors (Lipinski definition) is 1. The van der Waals surface area contributed by atoms with Crippen LogP contribution in [0.2, 0.25) is 17.6 Å². The van der Waals surface area contributed by atoms with Crippen LogP contribution in [-0.2, 0) is 0 Å². The minimum atomic E-state index is -1.08. The Bertz CT molecular complexity index is 170. The van der Waals surface area contributed by atoms with E-state index in [0.29, 0.717) is 5.67 Å². The molecule has 3 atom stereocenters. The molecule has 84 valence electrons. The fourth-order valence-corrected chi connectivity index (χ4v) is 9.63. The van der Waals surface area contributed by atoms with Crippen molar-refractivity contribution in [1.29, 1.82) is 0 Å². The molecule has 1 saturated heterocycles. The summed E-state index contributed by atoms with van der Waals surface area (Å²) in [4.78, 5) is 0. The van der Waals surface area contributed by atoms with E-state index in [1.807, 2.05) is 0 Å². The number of hydrogen-bond acceptors (Lipinski definition) is 1. The van der Waals surface area contributed by atoms with Gasteiger partial charge in [0.15, 0.2) is 0 Å². The largest absolute Gasteiger partial charge is 0.330 e. The molecule has 1 aliphatic rings. The molecule has 1 rings (SSSR count). The molecule has 3 unspecified atom stereocenters. The highest BCUT2D eigenvalue weighted by Gasteiger charge is 2.45. The van der Waals surface area contributed by atoms with Gasteiger partial charge < -0.3 is 5.73 Å². The fraction of sp³-hybridized carbons (Fsp3) is 1.00. The van der Waals surface area contributed by atoms with E-state index in [1.54, 1.807) is 0 Å². The van der Waals surface area contributed by atoms with Crippen molar-refractivity contribution < 1.29 is 0 Å². The first kappa shape index (κ1) is 12.2. The highest BCUT2D eigenvalue weighted by atomic mass is 28.3. The Kier molecular flexibility index (Phi) is 4.65. The first-order chi connectivity index (χ1) is 6.67. The third-order valence-corrected chi connectivity index (χ3v) is 11.1. The zero-order chi connectivity index (χ0) is 10.6. The van der Waals surface area contributed by atoms with Gasteiger partial charge in [-0.3, -0.25) is 0 Å². The van der Waals surface area contributed by atoms with Crippen molar-refractivity contribution in [1.82, 2.24) is 0 Å². The van der Waals surface area contributed by atoms with Gasteiger partial charge in [-0.2, -0.15) is 0 Å². The average Bonchev–Trinajstić information content (AvgIpc) is 2.58. The molecule has 0 saturated carbocycles. The normalized spacial score (nSPS) is 34.7. The van der Waals surface area contributed by atoms with E-state index in [0.717, 1.165) is 5.54 Å². The summed E-state index contributed by atoms with van der Waals surface area (Å²) >= 11 is 0. The van der Waals surface area contributed by atoms with Crippen LogP contribution < -0.4 is 5.73 Å². The monoisotopic (exact) mass is 213 g/mol. The van der Waals surface area contributed by atoms with Gasteiger partial charge in [0.05, 0.1) is 8.07 Å². The van der Waals surface area contributed by atoms with Crippen molar-refractivity contribution in [3.8, 4) is 0 Å². The standard InChI is InChI=1S/C12H27NSi/c1-4-6-9-14(11(3)13)10-7-8-12(14)5-2/h11-12H,4-10,13H2,1-3H3. The predicted octanol–water partition coefficient (Wildman–Crippen LogP) is 3.70. The second-order valence-corrected chi connectivity index (χ2v) is 10.3. The Labute approximate surface area is 90.5 Å². The van der Waals surface area contributed by atoms with E-state index < -0.39 is 8.07 Å². The number of unbranched alkanes of at least 4 members (excludes halogenated alkanes) is 1. The molecule has 1 heterocycles. The molecule has 0 radical (unpaired) electrons. The van der Waals surface area contributed by atoms with Crippen LogP contribution in [0.25, 0.3) is 0 Å². The lowest BCUT2D eigenvalue weighted by atomic mass is 10.2. The first-order valence-electron chi connectivity index (χ1n) is 6.43. The maximum Gasteiger partial charge on any atom is 0.0750 e. The van der Waals surface area contributed by atoms with Crippen molar-refractivity contribution >= 4 is 8.07 Å². The molecule has 0 bridgehead atoms. The SMILES string of the molecule is CCCC[Si]1(C(C)N)CCCC1CC. The summed E-state index contributed by atoms with van der Waals surface area (Å²) in [6.07, 6.45) is 7.10. The topological polar surface area (TPSA) is 26.0 Å². The van der Waals surface area contributed by atoms with Gasteiger partial charge in [0.2, 0.25) is 0 Å². The molecule has 0 aromatic rings. The third kappa shape index (κ3) is 2.22. The van der Waals surface area contributed by atoms with Crippen LogP contribution in [0.4, 0.5) is 0 Å². The van der Waals surface area contributed by atoms with Gasteiger partial charge in [0.25, 0.3) is 0 Å². The van der Waals surface area contributed by atoms with Gasteiger partial charge in [-0.1, -0.05) is 65.0 Å². The van der Waals surface area contributed by atoms with Crippen LogP contribution in [-0.4, -0.2) is 13.7 Å². The lowest BCUT2D eigenvalue weighted by Crippen LogP contribution is -2.51. The Morgan fingerprint density at radius 2 is 2.14 bits per heavy atom. The minimum Gasteiger partial charge on any atom is -0.330 e. The highest BCUT2D eigenvalue weighted by molar-refractivity contribution is 6.83. The van der Waals surface area contributed by atoms with Crippen LogP contribution in [0.5, 0.6) is 0 Å². The maximum absolute atomic E-state index is 6.30. The summed E-state index contributed by atoms with van der Waals surface area (Å²) < 4.78 is 0. The Balaban J connectivity index is 2.69. The van der Waals surface area contributed by atoms with E-state index in [2.05, 4.69) is 20.8 Å². The predicted molar refractivity (Wildman–Crippen MR) is 67.2 cm³/mol. The van der Waals surface area contributed by atoms with Crippen LogP contribution >= 0.6 is 0 Å². The van der Waals surface area contributed by atoms with E-state index in [1.165, 1.54) is 44.2 Å². The molecule has 0 aliphatic carbocycles. The van der Waals surface area contributed by atoms with Gasteiger partial charge in [-0.05, 0) is 11.2 Å². The summed E-state index contributed by atoms with van der Waals surface area (Å²) in [5, 5.41) is 0. The van der Waals surface area contributed by atoms with Crippen molar-refractivity contribution in [2.45, 2.75) is 76.2 Å². The van der Waals surface area contributed by atoms with E-state index >= 15 is 0 Å². The number of nitrogens with two attached hydrogens (primary N) is 1. The summed E-state index contributed by atoms with van der Waals surface area (Å²) in [5.74, 6) is 0. The van der Waals surface area contributed by atoms with E-state index in [9.17, 15) is 0 Å². The van der Waals surface area contributed by atoms with Gasteiger partial charge >= 0.3 is 0 Å². The van der Waals surface area contributed by atoms with Gasteiger partial charge in [0.1, 0.15) is 0 Å². The average molecular weight is 213 g/mol. The van der Waals surface area contributed by atoms with Crippen LogP contribution in [0, 0.1) is 0 Å². The molecule has 0 spiro atoms. The summed E-state index contributed by atoms with van der Waals surface area (Å²) in [6.45, 7) is 6.96. The fourth-order valence-electron chi connectivity index (χ4n) is 3.44. The smallest absolute Gasteiger partial charge is 0.0750 e. The highest BCUT2D eigenvalue weighted by Crippen LogP contribution is 2.46. The molecule has 2 heteroatoms. The van der Waals surface area contributed by atoms with Gasteiger partial charge in [0, 0.05) is 0 Å². The zero-order valence-electron chi connectivity index (χ0n) is 10.2. The Hall–Kier alpha value is 0.177. The van der Waals surface area contributed by atoms with Crippen LogP contribution in [0.15, 0.2) is 0 Å². The van der Waals surface area contributed by atoms with Gasteiger partial charge in [-0.25, -0.2) is 0 Å². The summed E-state index contributed by atoms with van der Waals surface area (Å²) in [5.41, 5.74) is 7.87. The van der Waals surface area contributed by atoms with Crippen LogP contribution in [0.1, 0.15) is 52.9 Å². The maximum atomic E-state index is 6.30. The minimum absolute atomic E-state index is 0.529. The van der Waals surface area contributed by atoms with Crippen molar-refractivity contribution in [2.75, 3.05) is 0 Å². The Morgan fingerprint density at radius 1 is 1.43 bits per heavy atom. The zero-order valence-corrected chi connectivity index (χ0v) is 11.2. The molecule has 0 aromatic carbocycles. The molecular weight excluding hydrogens is 186 g/mol. The van der Waals surface area contributed by atoms with Crippen molar-refractivity contribution in [3.63, 3.8) is 0 Å². The number of rotatable bonds is 5. The third-order valence-electron chi connectivity index (χ3n) is 4.40. The molecular formula is C12H27NSi. The molecule has 2 N–H and O–H groups in total. The Morgan fingerprint density at radius 3 is 2.64 bits per heavy atom. The second kappa shape index (κ2) is 5.31. The molecule has 0 amide bonds. The quantitative estimate of drug-likeness (QED) is 0.693. The van der Waals surface area contributed by atoms with Crippen LogP contribution in [0.3, 0.4) is 0 Å².